The zero-order valence-electron chi connectivity index (χ0n) is 17.3. The van der Waals surface area contributed by atoms with Gasteiger partial charge in [0.1, 0.15) is 21.9 Å². The fraction of sp³-hybridized carbons (Fsp3) is 0.174. The Balaban J connectivity index is 1.64. The molecule has 1 N–H and O–H groups in total. The molecule has 0 fully saturated rings. The lowest BCUT2D eigenvalue weighted by atomic mass is 10.1. The van der Waals surface area contributed by atoms with Crippen LogP contribution in [0.1, 0.15) is 13.3 Å². The van der Waals surface area contributed by atoms with Gasteiger partial charge in [0.25, 0.3) is 0 Å². The quantitative estimate of drug-likeness (QED) is 0.194. The average Bonchev–Trinajstić information content (AvgIpc) is 3.23. The second-order valence-electron chi connectivity index (χ2n) is 6.86. The van der Waals surface area contributed by atoms with Crippen molar-refractivity contribution in [2.75, 3.05) is 12.4 Å². The van der Waals surface area contributed by atoms with Crippen LogP contribution in [0.4, 0.5) is 5.69 Å². The molecule has 0 bridgehead atoms. The second-order valence-corrected chi connectivity index (χ2v) is 10.3. The molecule has 2 aromatic heterocycles. The number of anilines is 1. The Hall–Kier alpha value is -2.13. The van der Waals surface area contributed by atoms with E-state index in [1.807, 2.05) is 19.1 Å². The number of hydrogen-bond acceptors (Lipinski definition) is 6. The predicted octanol–water partition coefficient (Wildman–Crippen LogP) is 7.29. The van der Waals surface area contributed by atoms with Crippen molar-refractivity contribution in [3.05, 3.63) is 63.7 Å². The van der Waals surface area contributed by atoms with Crippen molar-refractivity contribution in [3.63, 3.8) is 0 Å². The number of aromatic nitrogens is 2. The topological polar surface area (TPSA) is 64.1 Å². The number of methoxy groups -OCH3 is 1. The molecule has 0 aliphatic heterocycles. The van der Waals surface area contributed by atoms with E-state index >= 15 is 0 Å². The summed E-state index contributed by atoms with van der Waals surface area (Å²) >= 11 is 12.6. The summed E-state index contributed by atoms with van der Waals surface area (Å²) < 4.78 is 6.37. The lowest BCUT2D eigenvalue weighted by molar-refractivity contribution is -0.115. The van der Waals surface area contributed by atoms with Gasteiger partial charge >= 0.3 is 0 Å². The SMILES string of the molecule is CCC(Sc1ncnc2scc(-c3ccc(Br)cc3)c12)C(=O)Nc1cc(Cl)ccc1OC. The van der Waals surface area contributed by atoms with Crippen LogP contribution < -0.4 is 10.1 Å². The standard InChI is InChI=1S/C23H19BrClN3O2S2/c1-3-19(21(29)28-17-10-15(25)8-9-18(17)30-2)32-23-20-16(11-31-22(20)26-12-27-23)13-4-6-14(24)7-5-13/h4-12,19H,3H2,1-2H3,(H,28,29). The summed E-state index contributed by atoms with van der Waals surface area (Å²) in [6.45, 7) is 1.98. The normalized spacial score (nSPS) is 12.0. The number of carbonyl (C=O) groups excluding carboxylic acids is 1. The van der Waals surface area contributed by atoms with Gasteiger partial charge in [0, 0.05) is 20.4 Å². The molecule has 1 amide bonds. The third-order valence-corrected chi connectivity index (χ3v) is 7.84. The van der Waals surface area contributed by atoms with Gasteiger partial charge in [0.2, 0.25) is 5.91 Å². The zero-order chi connectivity index (χ0) is 22.7. The molecule has 5 nitrogen and oxygen atoms in total. The zero-order valence-corrected chi connectivity index (χ0v) is 21.2. The van der Waals surface area contributed by atoms with Crippen molar-refractivity contribution in [2.24, 2.45) is 0 Å². The highest BCUT2D eigenvalue weighted by atomic mass is 79.9. The molecular formula is C23H19BrClN3O2S2. The maximum atomic E-state index is 13.1. The Morgan fingerprint density at radius 2 is 2.03 bits per heavy atom. The number of ether oxygens (including phenoxy) is 1. The molecule has 0 saturated heterocycles. The highest BCUT2D eigenvalue weighted by Gasteiger charge is 2.23. The number of carbonyl (C=O) groups is 1. The average molecular weight is 549 g/mol. The number of nitrogens with one attached hydrogen (secondary N) is 1. The van der Waals surface area contributed by atoms with Crippen LogP contribution in [0.3, 0.4) is 0 Å². The lowest BCUT2D eigenvalue weighted by Crippen LogP contribution is -2.25. The number of nitrogens with zero attached hydrogens (tertiary/aromatic N) is 2. The third-order valence-electron chi connectivity index (χ3n) is 4.83. The summed E-state index contributed by atoms with van der Waals surface area (Å²) in [5, 5.41) is 6.97. The Morgan fingerprint density at radius 3 is 2.75 bits per heavy atom. The van der Waals surface area contributed by atoms with Gasteiger partial charge in [-0.3, -0.25) is 4.79 Å². The maximum absolute atomic E-state index is 13.1. The number of halogens is 2. The maximum Gasteiger partial charge on any atom is 0.238 e. The van der Waals surface area contributed by atoms with E-state index in [1.54, 1.807) is 43.0 Å². The van der Waals surface area contributed by atoms with Crippen molar-refractivity contribution in [1.29, 1.82) is 0 Å². The van der Waals surface area contributed by atoms with Gasteiger partial charge in [-0.05, 0) is 42.3 Å². The molecule has 164 valence electrons. The van der Waals surface area contributed by atoms with Gasteiger partial charge in [-0.15, -0.1) is 11.3 Å². The van der Waals surface area contributed by atoms with Crippen LogP contribution in [0.5, 0.6) is 5.75 Å². The smallest absolute Gasteiger partial charge is 0.238 e. The third kappa shape index (κ3) is 4.93. The molecule has 4 rings (SSSR count). The molecule has 4 aromatic rings. The van der Waals surface area contributed by atoms with Gasteiger partial charge in [0.05, 0.1) is 23.4 Å². The first kappa shape index (κ1) is 23.0. The molecule has 9 heteroatoms. The highest BCUT2D eigenvalue weighted by molar-refractivity contribution is 9.10. The first-order valence-electron chi connectivity index (χ1n) is 9.79. The van der Waals surface area contributed by atoms with Crippen LogP contribution in [0.15, 0.2) is 63.7 Å². The van der Waals surface area contributed by atoms with E-state index in [0.29, 0.717) is 22.9 Å². The van der Waals surface area contributed by atoms with E-state index in [2.05, 4.69) is 48.7 Å². The van der Waals surface area contributed by atoms with Crippen LogP contribution in [0, 0.1) is 0 Å². The molecule has 32 heavy (non-hydrogen) atoms. The van der Waals surface area contributed by atoms with Crippen LogP contribution in [-0.4, -0.2) is 28.2 Å². The molecule has 0 saturated carbocycles. The minimum atomic E-state index is -0.352. The number of fused-ring (bicyclic) bond motifs is 1. The summed E-state index contributed by atoms with van der Waals surface area (Å²) in [5.74, 6) is 0.424. The monoisotopic (exact) mass is 547 g/mol. The first-order valence-corrected chi connectivity index (χ1v) is 12.7. The number of benzene rings is 2. The summed E-state index contributed by atoms with van der Waals surface area (Å²) in [6, 6.07) is 13.3. The van der Waals surface area contributed by atoms with E-state index < -0.39 is 0 Å². The van der Waals surface area contributed by atoms with Crippen molar-refractivity contribution in [2.45, 2.75) is 23.6 Å². The minimum absolute atomic E-state index is 0.134. The molecule has 1 atom stereocenters. The number of rotatable bonds is 7. The van der Waals surface area contributed by atoms with Gasteiger partial charge in [0.15, 0.2) is 0 Å². The molecule has 1 unspecified atom stereocenters. The highest BCUT2D eigenvalue weighted by Crippen LogP contribution is 2.40. The van der Waals surface area contributed by atoms with Gasteiger partial charge in [-0.1, -0.05) is 58.3 Å². The summed E-state index contributed by atoms with van der Waals surface area (Å²) in [7, 11) is 1.56. The number of hydrogen-bond donors (Lipinski definition) is 1. The first-order chi connectivity index (χ1) is 15.5. The minimum Gasteiger partial charge on any atom is -0.495 e. The lowest BCUT2D eigenvalue weighted by Gasteiger charge is -2.16. The summed E-state index contributed by atoms with van der Waals surface area (Å²) in [6.07, 6.45) is 2.18. The predicted molar refractivity (Wildman–Crippen MR) is 137 cm³/mol. The summed E-state index contributed by atoms with van der Waals surface area (Å²) in [5.41, 5.74) is 2.69. The Bertz CT molecular complexity index is 1260. The molecule has 0 spiro atoms. The van der Waals surface area contributed by atoms with E-state index in [9.17, 15) is 4.79 Å². The molecular weight excluding hydrogens is 530 g/mol. The van der Waals surface area contributed by atoms with E-state index in [1.165, 1.54) is 11.8 Å². The van der Waals surface area contributed by atoms with Gasteiger partial charge < -0.3 is 10.1 Å². The van der Waals surface area contributed by atoms with E-state index in [4.69, 9.17) is 16.3 Å². The molecule has 2 heterocycles. The Kier molecular flexibility index (Phi) is 7.35. The van der Waals surface area contributed by atoms with Crippen LogP contribution in [0.2, 0.25) is 5.02 Å². The number of thiophene rings is 1. The van der Waals surface area contributed by atoms with E-state index in [-0.39, 0.29) is 11.2 Å². The van der Waals surface area contributed by atoms with Gasteiger partial charge in [-0.25, -0.2) is 9.97 Å². The fourth-order valence-electron chi connectivity index (χ4n) is 3.23. The Labute approximate surface area is 207 Å². The van der Waals surface area contributed by atoms with E-state index in [0.717, 1.165) is 30.8 Å². The molecule has 0 aliphatic carbocycles. The Morgan fingerprint density at radius 1 is 1.25 bits per heavy atom. The summed E-state index contributed by atoms with van der Waals surface area (Å²) in [4.78, 5) is 23.0. The van der Waals surface area contributed by atoms with Crippen LogP contribution in [-0.2, 0) is 4.79 Å². The van der Waals surface area contributed by atoms with Crippen LogP contribution >= 0.6 is 50.6 Å². The molecule has 0 radical (unpaired) electrons. The van der Waals surface area contributed by atoms with Crippen molar-refractivity contribution in [1.82, 2.24) is 9.97 Å². The largest absolute Gasteiger partial charge is 0.495 e. The van der Waals surface area contributed by atoms with Crippen LogP contribution in [0.25, 0.3) is 21.3 Å². The van der Waals surface area contributed by atoms with Crippen molar-refractivity contribution >= 4 is 72.4 Å². The van der Waals surface area contributed by atoms with Crippen molar-refractivity contribution < 1.29 is 9.53 Å². The molecule has 2 aromatic carbocycles. The number of amides is 1. The number of thioether (sulfide) groups is 1. The molecule has 0 aliphatic rings. The van der Waals surface area contributed by atoms with Crippen molar-refractivity contribution in [3.8, 4) is 16.9 Å². The van der Waals surface area contributed by atoms with Gasteiger partial charge in [-0.2, -0.15) is 0 Å². The fourth-order valence-corrected chi connectivity index (χ4v) is 5.68. The second kappa shape index (κ2) is 10.2.